The predicted molar refractivity (Wildman–Crippen MR) is 122 cm³/mol. The summed E-state index contributed by atoms with van der Waals surface area (Å²) in [5.41, 5.74) is 2.05. The quantitative estimate of drug-likeness (QED) is 0.446. The molecule has 0 aliphatic heterocycles. The summed E-state index contributed by atoms with van der Waals surface area (Å²) >= 11 is 0. The number of anilines is 2. The molecule has 0 atom stereocenters. The minimum Gasteiger partial charge on any atom is -0.497 e. The van der Waals surface area contributed by atoms with E-state index in [2.05, 4.69) is 15.1 Å². The Morgan fingerprint density at radius 3 is 2.41 bits per heavy atom. The van der Waals surface area contributed by atoms with E-state index in [4.69, 9.17) is 4.74 Å². The van der Waals surface area contributed by atoms with Crippen LogP contribution in [0.2, 0.25) is 0 Å². The molecule has 4 rings (SSSR count). The van der Waals surface area contributed by atoms with E-state index in [1.54, 1.807) is 54.5 Å². The van der Waals surface area contributed by atoms with Gasteiger partial charge in [0.2, 0.25) is 0 Å². The minimum absolute atomic E-state index is 0.162. The molecule has 9 heteroatoms. The highest BCUT2D eigenvalue weighted by Crippen LogP contribution is 2.19. The van der Waals surface area contributed by atoms with Gasteiger partial charge in [0.05, 0.1) is 35.8 Å². The van der Waals surface area contributed by atoms with Gasteiger partial charge in [-0.1, -0.05) is 24.3 Å². The standard InChI is InChI=1S/C23H20N4O4S/c1-31-21-7-5-6-20(14-21)27-16-19(15-24-27)25-23(28)17-10-12-18(13-11-17)26-32(29,30)22-8-3-2-4-9-22/h2-16,26H,1H3,(H,25,28). The van der Waals surface area contributed by atoms with E-state index in [0.717, 1.165) is 5.69 Å². The fraction of sp³-hybridized carbons (Fsp3) is 0.0435. The number of hydrogen-bond acceptors (Lipinski definition) is 5. The molecule has 0 aliphatic carbocycles. The van der Waals surface area contributed by atoms with Crippen molar-refractivity contribution >= 4 is 27.3 Å². The Balaban J connectivity index is 1.43. The number of rotatable bonds is 7. The van der Waals surface area contributed by atoms with Crippen LogP contribution in [0.5, 0.6) is 5.75 Å². The lowest BCUT2D eigenvalue weighted by Crippen LogP contribution is -2.14. The van der Waals surface area contributed by atoms with Gasteiger partial charge in [-0.15, -0.1) is 0 Å². The number of aromatic nitrogens is 2. The molecule has 8 nitrogen and oxygen atoms in total. The number of benzene rings is 3. The molecule has 1 heterocycles. The molecule has 0 bridgehead atoms. The van der Waals surface area contributed by atoms with E-state index in [1.165, 1.54) is 24.3 Å². The summed E-state index contributed by atoms with van der Waals surface area (Å²) in [4.78, 5) is 12.7. The maximum Gasteiger partial charge on any atom is 0.261 e. The first kappa shape index (κ1) is 21.1. The van der Waals surface area contributed by atoms with E-state index in [-0.39, 0.29) is 10.8 Å². The van der Waals surface area contributed by atoms with Crippen LogP contribution in [0.4, 0.5) is 11.4 Å². The van der Waals surface area contributed by atoms with Crippen LogP contribution in [-0.2, 0) is 10.0 Å². The van der Waals surface area contributed by atoms with Crippen molar-refractivity contribution in [3.63, 3.8) is 0 Å². The molecular weight excluding hydrogens is 428 g/mol. The number of nitrogens with one attached hydrogen (secondary N) is 2. The average molecular weight is 449 g/mol. The highest BCUT2D eigenvalue weighted by Gasteiger charge is 2.14. The lowest BCUT2D eigenvalue weighted by Gasteiger charge is -2.09. The molecule has 2 N–H and O–H groups in total. The molecule has 1 amide bonds. The number of methoxy groups -OCH3 is 1. The molecule has 0 fully saturated rings. The average Bonchev–Trinajstić information content (AvgIpc) is 3.28. The Labute approximate surface area is 185 Å². The molecular formula is C23H20N4O4S. The SMILES string of the molecule is COc1cccc(-n2cc(NC(=O)c3ccc(NS(=O)(=O)c4ccccc4)cc3)cn2)c1. The van der Waals surface area contributed by atoms with Crippen molar-refractivity contribution in [2.45, 2.75) is 4.90 Å². The van der Waals surface area contributed by atoms with Crippen molar-refractivity contribution in [1.29, 1.82) is 0 Å². The van der Waals surface area contributed by atoms with Crippen LogP contribution >= 0.6 is 0 Å². The Bertz CT molecular complexity index is 1330. The van der Waals surface area contributed by atoms with Gasteiger partial charge >= 0.3 is 0 Å². The Morgan fingerprint density at radius 2 is 1.69 bits per heavy atom. The van der Waals surface area contributed by atoms with Crippen molar-refractivity contribution in [3.8, 4) is 11.4 Å². The highest BCUT2D eigenvalue weighted by atomic mass is 32.2. The van der Waals surface area contributed by atoms with E-state index in [9.17, 15) is 13.2 Å². The maximum absolute atomic E-state index is 12.6. The summed E-state index contributed by atoms with van der Waals surface area (Å²) < 4.78 is 34.2. The topological polar surface area (TPSA) is 102 Å². The molecule has 0 aliphatic rings. The van der Waals surface area contributed by atoms with Gasteiger partial charge < -0.3 is 10.1 Å². The third-order valence-corrected chi connectivity index (χ3v) is 6.01. The van der Waals surface area contributed by atoms with Crippen LogP contribution in [0.25, 0.3) is 5.69 Å². The number of ether oxygens (including phenoxy) is 1. The van der Waals surface area contributed by atoms with E-state index in [0.29, 0.717) is 22.7 Å². The fourth-order valence-electron chi connectivity index (χ4n) is 2.99. The predicted octanol–water partition coefficient (Wildman–Crippen LogP) is 3.93. The zero-order valence-corrected chi connectivity index (χ0v) is 17.9. The summed E-state index contributed by atoms with van der Waals surface area (Å²) in [5, 5.41) is 7.04. The number of nitrogens with zero attached hydrogens (tertiary/aromatic N) is 2. The van der Waals surface area contributed by atoms with Crippen LogP contribution in [0.1, 0.15) is 10.4 Å². The minimum atomic E-state index is -3.69. The fourth-order valence-corrected chi connectivity index (χ4v) is 4.07. The van der Waals surface area contributed by atoms with Crippen molar-refractivity contribution in [2.24, 2.45) is 0 Å². The van der Waals surface area contributed by atoms with E-state index in [1.807, 2.05) is 24.3 Å². The van der Waals surface area contributed by atoms with Crippen molar-refractivity contribution in [2.75, 3.05) is 17.1 Å². The van der Waals surface area contributed by atoms with Gasteiger partial charge in [-0.05, 0) is 48.5 Å². The maximum atomic E-state index is 12.6. The van der Waals surface area contributed by atoms with Gasteiger partial charge in [0.15, 0.2) is 0 Å². The normalized spacial score (nSPS) is 11.0. The molecule has 162 valence electrons. The van der Waals surface area contributed by atoms with Crippen molar-refractivity contribution in [1.82, 2.24) is 9.78 Å². The lowest BCUT2D eigenvalue weighted by molar-refractivity contribution is 0.102. The number of carbonyl (C=O) groups is 1. The van der Waals surface area contributed by atoms with Crippen LogP contribution in [0.15, 0.2) is 96.2 Å². The van der Waals surface area contributed by atoms with Gasteiger partial charge in [-0.25, -0.2) is 13.1 Å². The highest BCUT2D eigenvalue weighted by molar-refractivity contribution is 7.92. The molecule has 0 radical (unpaired) electrons. The Kier molecular flexibility index (Phi) is 5.91. The summed E-state index contributed by atoms with van der Waals surface area (Å²) in [7, 11) is -2.11. The van der Waals surface area contributed by atoms with Crippen LogP contribution in [0, 0.1) is 0 Å². The largest absolute Gasteiger partial charge is 0.497 e. The second-order valence-corrected chi connectivity index (χ2v) is 8.51. The van der Waals surface area contributed by atoms with Crippen molar-refractivity contribution < 1.29 is 17.9 Å². The molecule has 0 spiro atoms. The summed E-state index contributed by atoms with van der Waals surface area (Å²) in [6.07, 6.45) is 3.23. The van der Waals surface area contributed by atoms with Gasteiger partial charge in [0.1, 0.15) is 5.75 Å². The zero-order chi connectivity index (χ0) is 22.6. The molecule has 32 heavy (non-hydrogen) atoms. The van der Waals surface area contributed by atoms with E-state index >= 15 is 0 Å². The molecule has 4 aromatic rings. The molecule has 1 aromatic heterocycles. The first-order valence-electron chi connectivity index (χ1n) is 9.63. The third-order valence-electron chi connectivity index (χ3n) is 4.61. The first-order valence-corrected chi connectivity index (χ1v) is 11.1. The van der Waals surface area contributed by atoms with Gasteiger partial charge in [-0.3, -0.25) is 9.52 Å². The summed E-state index contributed by atoms with van der Waals surface area (Å²) in [6, 6.07) is 21.6. The first-order chi connectivity index (χ1) is 15.4. The summed E-state index contributed by atoms with van der Waals surface area (Å²) in [5.74, 6) is 0.360. The summed E-state index contributed by atoms with van der Waals surface area (Å²) in [6.45, 7) is 0. The van der Waals surface area contributed by atoms with Gasteiger partial charge in [0, 0.05) is 17.3 Å². The lowest BCUT2D eigenvalue weighted by atomic mass is 10.2. The number of amides is 1. The van der Waals surface area contributed by atoms with Crippen molar-refractivity contribution in [3.05, 3.63) is 96.8 Å². The molecule has 0 saturated heterocycles. The Morgan fingerprint density at radius 1 is 0.938 bits per heavy atom. The molecule has 3 aromatic carbocycles. The smallest absolute Gasteiger partial charge is 0.261 e. The zero-order valence-electron chi connectivity index (χ0n) is 17.1. The van der Waals surface area contributed by atoms with Gasteiger partial charge in [0.25, 0.3) is 15.9 Å². The number of sulfonamides is 1. The number of hydrogen-bond donors (Lipinski definition) is 2. The molecule has 0 saturated carbocycles. The van der Waals surface area contributed by atoms with E-state index < -0.39 is 10.0 Å². The second-order valence-electron chi connectivity index (χ2n) is 6.83. The Hall–Kier alpha value is -4.11. The third kappa shape index (κ3) is 4.79. The number of carbonyl (C=O) groups excluding carboxylic acids is 1. The van der Waals surface area contributed by atoms with Crippen LogP contribution < -0.4 is 14.8 Å². The van der Waals surface area contributed by atoms with Crippen LogP contribution in [-0.4, -0.2) is 31.2 Å². The van der Waals surface area contributed by atoms with Crippen LogP contribution in [0.3, 0.4) is 0 Å². The van der Waals surface area contributed by atoms with Gasteiger partial charge in [-0.2, -0.15) is 5.10 Å². The monoisotopic (exact) mass is 448 g/mol. The second kappa shape index (κ2) is 8.94. The molecule has 0 unspecified atom stereocenters.